The Labute approximate surface area is 119 Å². The third-order valence-electron chi connectivity index (χ3n) is 2.44. The molecule has 0 bridgehead atoms. The van der Waals surface area contributed by atoms with Crippen molar-refractivity contribution in [2.24, 2.45) is 0 Å². The summed E-state index contributed by atoms with van der Waals surface area (Å²) in [6.45, 7) is 1.90. The van der Waals surface area contributed by atoms with Gasteiger partial charge in [0.15, 0.2) is 5.16 Å². The van der Waals surface area contributed by atoms with Gasteiger partial charge in [-0.05, 0) is 19.1 Å². The minimum Gasteiger partial charge on any atom is -0.463 e. The molecule has 2 aromatic rings. The van der Waals surface area contributed by atoms with Crippen molar-refractivity contribution in [3.05, 3.63) is 29.7 Å². The number of nitrogens with zero attached hydrogens (tertiary/aromatic N) is 2. The molecule has 2 rings (SSSR count). The predicted octanol–water partition coefficient (Wildman–Crippen LogP) is 1.87. The normalized spacial score (nSPS) is 12.1. The Morgan fingerprint density at radius 2 is 2.00 bits per heavy atom. The Bertz CT molecular complexity index is 609. The third kappa shape index (κ3) is 3.21. The van der Waals surface area contributed by atoms with Crippen molar-refractivity contribution in [1.29, 1.82) is 0 Å². The number of esters is 1. The Morgan fingerprint density at radius 1 is 1.35 bits per heavy atom. The van der Waals surface area contributed by atoms with Crippen LogP contribution in [0.3, 0.4) is 0 Å². The highest BCUT2D eigenvalue weighted by Gasteiger charge is 2.17. The molecule has 1 atom stereocenters. The number of nitrogens with two attached hydrogens (primary N) is 2. The summed E-state index contributed by atoms with van der Waals surface area (Å²) in [7, 11) is 1.30. The highest BCUT2D eigenvalue weighted by molar-refractivity contribution is 7.99. The maximum atomic E-state index is 11.3. The number of nitrogen functional groups attached to an aromatic ring is 2. The number of methoxy groups -OCH3 is 1. The van der Waals surface area contributed by atoms with Gasteiger partial charge in [-0.3, -0.25) is 0 Å². The van der Waals surface area contributed by atoms with E-state index >= 15 is 0 Å². The van der Waals surface area contributed by atoms with Gasteiger partial charge in [-0.2, -0.15) is 0 Å². The summed E-state index contributed by atoms with van der Waals surface area (Å²) >= 11 is 1.33. The van der Waals surface area contributed by atoms with E-state index in [1.165, 1.54) is 24.9 Å². The van der Waals surface area contributed by atoms with Crippen molar-refractivity contribution in [2.75, 3.05) is 18.6 Å². The molecule has 1 unspecified atom stereocenters. The molecule has 0 saturated heterocycles. The third-order valence-corrected chi connectivity index (χ3v) is 3.42. The van der Waals surface area contributed by atoms with Crippen molar-refractivity contribution < 1.29 is 13.9 Å². The molecule has 2 aromatic heterocycles. The zero-order chi connectivity index (χ0) is 14.7. The van der Waals surface area contributed by atoms with Crippen LogP contribution in [0.25, 0.3) is 0 Å². The predicted molar refractivity (Wildman–Crippen MR) is 75.2 cm³/mol. The SMILES string of the molecule is COC(=O)c1ccc(C(C)Sc2nc(N)cc(N)n2)o1. The van der Waals surface area contributed by atoms with Crippen LogP contribution in [0, 0.1) is 0 Å². The zero-order valence-electron chi connectivity index (χ0n) is 11.0. The van der Waals surface area contributed by atoms with Crippen molar-refractivity contribution in [1.82, 2.24) is 9.97 Å². The van der Waals surface area contributed by atoms with Gasteiger partial charge >= 0.3 is 5.97 Å². The van der Waals surface area contributed by atoms with Gasteiger partial charge < -0.3 is 20.6 Å². The molecule has 8 heteroatoms. The van der Waals surface area contributed by atoms with E-state index in [9.17, 15) is 4.79 Å². The number of carbonyl (C=O) groups excluding carboxylic acids is 1. The number of hydrogen-bond acceptors (Lipinski definition) is 8. The largest absolute Gasteiger partial charge is 0.463 e. The van der Waals surface area contributed by atoms with E-state index in [0.717, 1.165) is 0 Å². The van der Waals surface area contributed by atoms with Crippen LogP contribution in [-0.4, -0.2) is 23.0 Å². The van der Waals surface area contributed by atoms with E-state index in [-0.39, 0.29) is 11.0 Å². The number of aromatic nitrogens is 2. The van der Waals surface area contributed by atoms with Crippen LogP contribution in [0.4, 0.5) is 11.6 Å². The fraction of sp³-hybridized carbons (Fsp3) is 0.250. The van der Waals surface area contributed by atoms with Crippen molar-refractivity contribution in [3.63, 3.8) is 0 Å². The molecule has 0 aliphatic heterocycles. The first-order valence-electron chi connectivity index (χ1n) is 5.74. The van der Waals surface area contributed by atoms with Gasteiger partial charge in [-0.25, -0.2) is 14.8 Å². The number of hydrogen-bond donors (Lipinski definition) is 2. The number of anilines is 2. The number of carbonyl (C=O) groups is 1. The van der Waals surface area contributed by atoms with E-state index < -0.39 is 5.97 Å². The molecule has 20 heavy (non-hydrogen) atoms. The van der Waals surface area contributed by atoms with Gasteiger partial charge in [-0.1, -0.05) is 11.8 Å². The molecule has 0 aliphatic rings. The minimum atomic E-state index is -0.516. The second kappa shape index (κ2) is 5.83. The Balaban J connectivity index is 2.13. The summed E-state index contributed by atoms with van der Waals surface area (Å²) in [4.78, 5) is 19.5. The molecule has 0 saturated carbocycles. The van der Waals surface area contributed by atoms with E-state index in [1.54, 1.807) is 12.1 Å². The summed E-state index contributed by atoms with van der Waals surface area (Å²) in [5.41, 5.74) is 11.2. The summed E-state index contributed by atoms with van der Waals surface area (Å²) in [6.07, 6.45) is 0. The topological polar surface area (TPSA) is 117 Å². The standard InChI is InChI=1S/C12H14N4O3S/c1-6(7-3-4-8(19-7)11(17)18-2)20-12-15-9(13)5-10(14)16-12/h3-6H,1-2H3,(H4,13,14,15,16). The zero-order valence-corrected chi connectivity index (χ0v) is 11.8. The maximum Gasteiger partial charge on any atom is 0.373 e. The molecule has 0 aliphatic carbocycles. The number of rotatable bonds is 4. The summed E-state index contributed by atoms with van der Waals surface area (Å²) < 4.78 is 10.00. The number of ether oxygens (including phenoxy) is 1. The quantitative estimate of drug-likeness (QED) is 0.498. The average Bonchev–Trinajstić information content (AvgIpc) is 2.86. The second-order valence-corrected chi connectivity index (χ2v) is 5.26. The lowest BCUT2D eigenvalue weighted by Gasteiger charge is -2.07. The molecule has 0 aromatic carbocycles. The summed E-state index contributed by atoms with van der Waals surface area (Å²) in [6, 6.07) is 4.75. The smallest absolute Gasteiger partial charge is 0.373 e. The Hall–Kier alpha value is -2.22. The van der Waals surface area contributed by atoms with Crippen LogP contribution in [0.1, 0.15) is 28.5 Å². The highest BCUT2D eigenvalue weighted by Crippen LogP contribution is 2.34. The lowest BCUT2D eigenvalue weighted by atomic mass is 10.3. The monoisotopic (exact) mass is 294 g/mol. The van der Waals surface area contributed by atoms with E-state index in [1.807, 2.05) is 6.92 Å². The van der Waals surface area contributed by atoms with Crippen molar-refractivity contribution in [2.45, 2.75) is 17.3 Å². The van der Waals surface area contributed by atoms with Gasteiger partial charge in [0.25, 0.3) is 0 Å². The molecule has 0 spiro atoms. The molecule has 0 fully saturated rings. The lowest BCUT2D eigenvalue weighted by Crippen LogP contribution is -2.00. The van der Waals surface area contributed by atoms with Crippen LogP contribution in [0.2, 0.25) is 0 Å². The minimum absolute atomic E-state index is 0.102. The Morgan fingerprint density at radius 3 is 2.60 bits per heavy atom. The van der Waals surface area contributed by atoms with E-state index in [2.05, 4.69) is 14.7 Å². The van der Waals surface area contributed by atoms with Crippen LogP contribution in [-0.2, 0) is 4.74 Å². The first kappa shape index (κ1) is 14.2. The van der Waals surface area contributed by atoms with Crippen molar-refractivity contribution in [3.8, 4) is 0 Å². The van der Waals surface area contributed by atoms with Crippen molar-refractivity contribution >= 4 is 29.4 Å². The second-order valence-electron chi connectivity index (χ2n) is 3.95. The summed E-state index contributed by atoms with van der Waals surface area (Å²) in [5, 5.41) is 0.348. The van der Waals surface area contributed by atoms with E-state index in [4.69, 9.17) is 15.9 Å². The van der Waals surface area contributed by atoms with Crippen LogP contribution in [0.5, 0.6) is 0 Å². The molecule has 106 valence electrons. The highest BCUT2D eigenvalue weighted by atomic mass is 32.2. The van der Waals surface area contributed by atoms with E-state index in [0.29, 0.717) is 22.6 Å². The number of thioether (sulfide) groups is 1. The fourth-order valence-electron chi connectivity index (χ4n) is 1.51. The van der Waals surface area contributed by atoms with Crippen LogP contribution < -0.4 is 11.5 Å². The van der Waals surface area contributed by atoms with Gasteiger partial charge in [0, 0.05) is 6.07 Å². The van der Waals surface area contributed by atoms with Crippen LogP contribution in [0.15, 0.2) is 27.8 Å². The van der Waals surface area contributed by atoms with Gasteiger partial charge in [0.1, 0.15) is 17.4 Å². The fourth-order valence-corrected chi connectivity index (χ4v) is 2.39. The maximum absolute atomic E-state index is 11.3. The van der Waals surface area contributed by atoms with Crippen LogP contribution >= 0.6 is 11.8 Å². The first-order chi connectivity index (χ1) is 9.49. The first-order valence-corrected chi connectivity index (χ1v) is 6.62. The molecular weight excluding hydrogens is 280 g/mol. The average molecular weight is 294 g/mol. The molecule has 2 heterocycles. The Kier molecular flexibility index (Phi) is 4.14. The number of furan rings is 1. The lowest BCUT2D eigenvalue weighted by molar-refractivity contribution is 0.0563. The molecule has 4 N–H and O–H groups in total. The summed E-state index contributed by atoms with van der Waals surface area (Å²) in [5.74, 6) is 0.865. The molecule has 7 nitrogen and oxygen atoms in total. The van der Waals surface area contributed by atoms with Gasteiger partial charge in [-0.15, -0.1) is 0 Å². The molecule has 0 amide bonds. The molecule has 0 radical (unpaired) electrons. The van der Waals surface area contributed by atoms with Gasteiger partial charge in [0.05, 0.1) is 12.4 Å². The van der Waals surface area contributed by atoms with Gasteiger partial charge in [0.2, 0.25) is 5.76 Å². The molecular formula is C12H14N4O3S.